The first-order chi connectivity index (χ1) is 13.5. The van der Waals surface area contributed by atoms with Gasteiger partial charge in [0.05, 0.1) is 34.1 Å². The molecule has 3 aromatic rings. The predicted octanol–water partition coefficient (Wildman–Crippen LogP) is 3.19. The predicted molar refractivity (Wildman–Crippen MR) is 105 cm³/mol. The number of methoxy groups -OCH3 is 4. The summed E-state index contributed by atoms with van der Waals surface area (Å²) in [5, 5.41) is 2.93. The molecule has 1 amide bonds. The minimum atomic E-state index is -0.596. The molecule has 0 saturated carbocycles. The van der Waals surface area contributed by atoms with E-state index < -0.39 is 11.7 Å². The molecule has 1 heterocycles. The van der Waals surface area contributed by atoms with E-state index in [4.69, 9.17) is 18.9 Å². The molecule has 0 aliphatic carbocycles. The second kappa shape index (κ2) is 6.30. The van der Waals surface area contributed by atoms with E-state index in [0.29, 0.717) is 45.0 Å². The van der Waals surface area contributed by atoms with Crippen molar-refractivity contribution in [3.8, 4) is 23.0 Å². The number of hydrogen-bond donors (Lipinski definition) is 0. The van der Waals surface area contributed by atoms with Gasteiger partial charge in [0.2, 0.25) is 0 Å². The smallest absolute Gasteiger partial charge is 0.299 e. The average Bonchev–Trinajstić information content (AvgIpc) is 2.73. The fraction of sp³-hybridized carbons (Fsp3) is 0.238. The number of benzene rings is 3. The van der Waals surface area contributed by atoms with Crippen LogP contribution in [-0.2, 0) is 4.79 Å². The molecule has 0 unspecified atom stereocenters. The molecule has 3 aromatic carbocycles. The fourth-order valence-electron chi connectivity index (χ4n) is 3.79. The van der Waals surface area contributed by atoms with Crippen LogP contribution in [0.5, 0.6) is 23.0 Å². The third-order valence-electron chi connectivity index (χ3n) is 5.15. The van der Waals surface area contributed by atoms with Crippen molar-refractivity contribution in [3.63, 3.8) is 0 Å². The lowest BCUT2D eigenvalue weighted by molar-refractivity contribution is -0.114. The van der Waals surface area contributed by atoms with E-state index in [-0.39, 0.29) is 0 Å². The second-order valence-electron chi connectivity index (χ2n) is 6.43. The van der Waals surface area contributed by atoms with Gasteiger partial charge in [0, 0.05) is 23.4 Å². The Morgan fingerprint density at radius 3 is 2.00 bits per heavy atom. The van der Waals surface area contributed by atoms with Crippen LogP contribution in [0.15, 0.2) is 24.3 Å². The maximum Gasteiger partial charge on any atom is 0.299 e. The number of Topliss-reactive ketones (excluding diaryl/α,β-unsaturated/α-hetero) is 1. The van der Waals surface area contributed by atoms with Gasteiger partial charge >= 0.3 is 0 Å². The Labute approximate surface area is 161 Å². The quantitative estimate of drug-likeness (QED) is 0.510. The zero-order valence-electron chi connectivity index (χ0n) is 16.2. The number of likely N-dealkylation sites (N-methyl/N-ethyl adjacent to an activating group) is 1. The molecule has 0 N–H and O–H groups in total. The van der Waals surface area contributed by atoms with E-state index in [1.54, 1.807) is 34.4 Å². The Kier molecular flexibility index (Phi) is 4.03. The lowest BCUT2D eigenvalue weighted by Gasteiger charge is -2.27. The van der Waals surface area contributed by atoms with Crippen molar-refractivity contribution in [3.05, 3.63) is 29.8 Å². The first kappa shape index (κ1) is 17.9. The largest absolute Gasteiger partial charge is 0.493 e. The van der Waals surface area contributed by atoms with Gasteiger partial charge in [0.1, 0.15) is 0 Å². The summed E-state index contributed by atoms with van der Waals surface area (Å²) in [6, 6.07) is 7.08. The lowest BCUT2D eigenvalue weighted by Crippen LogP contribution is -2.36. The number of amides is 1. The van der Waals surface area contributed by atoms with Gasteiger partial charge in [-0.25, -0.2) is 0 Å². The first-order valence-corrected chi connectivity index (χ1v) is 8.56. The van der Waals surface area contributed by atoms with E-state index in [0.717, 1.165) is 10.8 Å². The summed E-state index contributed by atoms with van der Waals surface area (Å²) in [7, 11) is 7.74. The summed E-state index contributed by atoms with van der Waals surface area (Å²) >= 11 is 0. The van der Waals surface area contributed by atoms with E-state index in [9.17, 15) is 9.59 Å². The lowest BCUT2D eigenvalue weighted by atomic mass is 9.90. The van der Waals surface area contributed by atoms with E-state index in [1.165, 1.54) is 12.0 Å². The van der Waals surface area contributed by atoms with Crippen LogP contribution in [-0.4, -0.2) is 47.2 Å². The Hall–Kier alpha value is -3.48. The van der Waals surface area contributed by atoms with Crippen LogP contribution < -0.4 is 23.8 Å². The van der Waals surface area contributed by atoms with Gasteiger partial charge in [0.25, 0.3) is 11.7 Å². The molecule has 0 radical (unpaired) electrons. The molecular weight excluding hydrogens is 362 g/mol. The number of carbonyl (C=O) groups is 2. The van der Waals surface area contributed by atoms with Crippen LogP contribution in [0.2, 0.25) is 0 Å². The topological polar surface area (TPSA) is 74.3 Å². The Morgan fingerprint density at radius 1 is 0.750 bits per heavy atom. The van der Waals surface area contributed by atoms with Crippen molar-refractivity contribution in [1.82, 2.24) is 0 Å². The fourth-order valence-corrected chi connectivity index (χ4v) is 3.79. The minimum Gasteiger partial charge on any atom is -0.493 e. The monoisotopic (exact) mass is 381 g/mol. The van der Waals surface area contributed by atoms with Crippen LogP contribution in [0.3, 0.4) is 0 Å². The van der Waals surface area contributed by atoms with Gasteiger partial charge in [-0.05, 0) is 35.0 Å². The maximum absolute atomic E-state index is 12.7. The molecule has 0 aromatic heterocycles. The highest BCUT2D eigenvalue weighted by molar-refractivity contribution is 6.52. The molecular formula is C21H19NO6. The molecule has 0 saturated heterocycles. The number of carbonyl (C=O) groups excluding carboxylic acids is 2. The van der Waals surface area contributed by atoms with Crippen molar-refractivity contribution >= 4 is 38.9 Å². The minimum absolute atomic E-state index is 0.294. The number of ether oxygens (including phenoxy) is 4. The zero-order valence-corrected chi connectivity index (χ0v) is 16.2. The SMILES string of the molecule is COc1cc2cc3c4c(cc(OC)c(OC)c4c2cc1OC)C(=O)C(=O)N3C. The molecule has 0 spiro atoms. The number of anilines is 1. The molecule has 144 valence electrons. The van der Waals surface area contributed by atoms with E-state index >= 15 is 0 Å². The summed E-state index contributed by atoms with van der Waals surface area (Å²) in [5.74, 6) is 0.786. The van der Waals surface area contributed by atoms with Crippen LogP contribution in [0.1, 0.15) is 10.4 Å². The molecule has 7 nitrogen and oxygen atoms in total. The summed E-state index contributed by atoms with van der Waals surface area (Å²) < 4.78 is 22.0. The van der Waals surface area contributed by atoms with Crippen molar-refractivity contribution < 1.29 is 28.5 Å². The molecule has 0 fully saturated rings. The Morgan fingerprint density at radius 2 is 1.39 bits per heavy atom. The van der Waals surface area contributed by atoms with Crippen LogP contribution in [0.4, 0.5) is 5.69 Å². The number of nitrogens with zero attached hydrogens (tertiary/aromatic N) is 1. The van der Waals surface area contributed by atoms with Crippen LogP contribution >= 0.6 is 0 Å². The van der Waals surface area contributed by atoms with Gasteiger partial charge in [-0.2, -0.15) is 0 Å². The molecule has 0 bridgehead atoms. The zero-order chi connectivity index (χ0) is 20.2. The van der Waals surface area contributed by atoms with Crippen molar-refractivity contribution in [2.24, 2.45) is 0 Å². The first-order valence-electron chi connectivity index (χ1n) is 8.56. The highest BCUT2D eigenvalue weighted by Crippen LogP contribution is 2.49. The van der Waals surface area contributed by atoms with Gasteiger partial charge in [-0.15, -0.1) is 0 Å². The second-order valence-corrected chi connectivity index (χ2v) is 6.43. The number of ketones is 1. The number of rotatable bonds is 4. The van der Waals surface area contributed by atoms with E-state index in [2.05, 4.69) is 0 Å². The van der Waals surface area contributed by atoms with Crippen LogP contribution in [0.25, 0.3) is 21.5 Å². The molecule has 4 rings (SSSR count). The summed E-state index contributed by atoms with van der Waals surface area (Å²) in [6.07, 6.45) is 0. The third-order valence-corrected chi connectivity index (χ3v) is 5.15. The standard InChI is InChI=1S/C21H19NO6/c1-22-13-6-10-7-14(25-2)15(26-3)8-11(10)18-17(13)12(19(23)21(22)24)9-16(27-4)20(18)28-5/h6-9H,1-5H3. The number of fused-ring (bicyclic) bond motifs is 2. The van der Waals surface area contributed by atoms with Gasteiger partial charge < -0.3 is 23.8 Å². The molecule has 7 heteroatoms. The maximum atomic E-state index is 12.7. The summed E-state index contributed by atoms with van der Waals surface area (Å²) in [6.45, 7) is 0. The molecule has 1 aliphatic rings. The van der Waals surface area contributed by atoms with Crippen molar-refractivity contribution in [2.45, 2.75) is 0 Å². The van der Waals surface area contributed by atoms with Gasteiger partial charge in [0.15, 0.2) is 23.0 Å². The Bertz CT molecular complexity index is 1170. The third kappa shape index (κ3) is 2.22. The summed E-state index contributed by atoms with van der Waals surface area (Å²) in [5.41, 5.74) is 0.915. The summed E-state index contributed by atoms with van der Waals surface area (Å²) in [4.78, 5) is 26.6. The van der Waals surface area contributed by atoms with Gasteiger partial charge in [-0.1, -0.05) is 0 Å². The molecule has 28 heavy (non-hydrogen) atoms. The van der Waals surface area contributed by atoms with Gasteiger partial charge in [-0.3, -0.25) is 9.59 Å². The highest BCUT2D eigenvalue weighted by Gasteiger charge is 2.34. The van der Waals surface area contributed by atoms with Crippen LogP contribution in [0, 0.1) is 0 Å². The number of hydrogen-bond acceptors (Lipinski definition) is 6. The molecule has 1 aliphatic heterocycles. The Balaban J connectivity index is 2.30. The normalized spacial score (nSPS) is 13.2. The van der Waals surface area contributed by atoms with Crippen molar-refractivity contribution in [2.75, 3.05) is 40.4 Å². The van der Waals surface area contributed by atoms with E-state index in [1.807, 2.05) is 18.2 Å². The molecule has 0 atom stereocenters. The van der Waals surface area contributed by atoms with Crippen molar-refractivity contribution in [1.29, 1.82) is 0 Å². The average molecular weight is 381 g/mol. The highest BCUT2D eigenvalue weighted by atomic mass is 16.5.